The Morgan fingerprint density at radius 3 is 3.08 bits per heavy atom. The molecule has 68 valence electrons. The number of benzene rings is 1. The van der Waals surface area contributed by atoms with Crippen molar-refractivity contribution in [2.45, 2.75) is 18.9 Å². The lowest BCUT2D eigenvalue weighted by Crippen LogP contribution is -2.12. The van der Waals surface area contributed by atoms with Crippen molar-refractivity contribution < 1.29 is 0 Å². The van der Waals surface area contributed by atoms with Crippen LogP contribution >= 0.6 is 0 Å². The fourth-order valence-corrected chi connectivity index (χ4v) is 1.87. The first-order valence-electron chi connectivity index (χ1n) is 4.86. The van der Waals surface area contributed by atoms with Crippen LogP contribution in [0, 0.1) is 0 Å². The molecule has 0 aromatic heterocycles. The molecular formula is C12H15N. The quantitative estimate of drug-likeness (QED) is 0.725. The molecule has 0 spiro atoms. The van der Waals surface area contributed by atoms with Crippen LogP contribution in [0.1, 0.15) is 30.0 Å². The third-order valence-electron chi connectivity index (χ3n) is 2.61. The van der Waals surface area contributed by atoms with Crippen molar-refractivity contribution in [1.29, 1.82) is 0 Å². The zero-order valence-electron chi connectivity index (χ0n) is 7.79. The van der Waals surface area contributed by atoms with E-state index in [-0.39, 0.29) is 0 Å². The van der Waals surface area contributed by atoms with E-state index in [9.17, 15) is 0 Å². The molecule has 1 N–H and O–H groups in total. The predicted octanol–water partition coefficient (Wildman–Crippen LogP) is 2.75. The molecule has 1 saturated heterocycles. The Labute approximate surface area is 79.5 Å². The molecule has 1 aliphatic rings. The summed E-state index contributed by atoms with van der Waals surface area (Å²) in [5, 5.41) is 3.49. The van der Waals surface area contributed by atoms with E-state index in [1.54, 1.807) is 0 Å². The second-order valence-corrected chi connectivity index (χ2v) is 3.52. The maximum Gasteiger partial charge on any atom is 0.0320 e. The first kappa shape index (κ1) is 8.52. The van der Waals surface area contributed by atoms with Gasteiger partial charge in [-0.15, -0.1) is 0 Å². The van der Waals surface area contributed by atoms with Crippen LogP contribution < -0.4 is 5.32 Å². The van der Waals surface area contributed by atoms with Gasteiger partial charge in [0, 0.05) is 6.04 Å². The van der Waals surface area contributed by atoms with Crippen LogP contribution in [-0.2, 0) is 0 Å². The van der Waals surface area contributed by atoms with Gasteiger partial charge in [0.2, 0.25) is 0 Å². The smallest absolute Gasteiger partial charge is 0.0320 e. The molecule has 0 aliphatic carbocycles. The minimum Gasteiger partial charge on any atom is -0.310 e. The fourth-order valence-electron chi connectivity index (χ4n) is 1.87. The number of hydrogen-bond donors (Lipinski definition) is 1. The predicted molar refractivity (Wildman–Crippen MR) is 56.5 cm³/mol. The minimum absolute atomic E-state index is 0.569. The summed E-state index contributed by atoms with van der Waals surface area (Å²) in [5.41, 5.74) is 2.61. The van der Waals surface area contributed by atoms with Gasteiger partial charge >= 0.3 is 0 Å². The van der Waals surface area contributed by atoms with Gasteiger partial charge < -0.3 is 5.32 Å². The van der Waals surface area contributed by atoms with Gasteiger partial charge in [0.1, 0.15) is 0 Å². The zero-order chi connectivity index (χ0) is 9.10. The van der Waals surface area contributed by atoms with E-state index in [0.29, 0.717) is 6.04 Å². The summed E-state index contributed by atoms with van der Waals surface area (Å²) in [6, 6.07) is 9.17. The van der Waals surface area contributed by atoms with Crippen molar-refractivity contribution in [3.05, 3.63) is 42.0 Å². The van der Waals surface area contributed by atoms with Crippen LogP contribution in [0.3, 0.4) is 0 Å². The molecule has 2 rings (SSSR count). The lowest BCUT2D eigenvalue weighted by atomic mass is 10.0. The largest absolute Gasteiger partial charge is 0.310 e. The van der Waals surface area contributed by atoms with Crippen LogP contribution in [0.25, 0.3) is 6.08 Å². The highest BCUT2D eigenvalue weighted by molar-refractivity contribution is 5.48. The summed E-state index contributed by atoms with van der Waals surface area (Å²) < 4.78 is 0. The van der Waals surface area contributed by atoms with Gasteiger partial charge in [-0.1, -0.05) is 36.9 Å². The highest BCUT2D eigenvalue weighted by Gasteiger charge is 2.15. The molecule has 1 aromatic rings. The van der Waals surface area contributed by atoms with Crippen molar-refractivity contribution in [3.63, 3.8) is 0 Å². The van der Waals surface area contributed by atoms with Crippen molar-refractivity contribution in [2.75, 3.05) is 6.54 Å². The Morgan fingerprint density at radius 2 is 2.38 bits per heavy atom. The highest BCUT2D eigenvalue weighted by atomic mass is 14.9. The number of nitrogens with one attached hydrogen (secondary N) is 1. The first-order chi connectivity index (χ1) is 6.40. The normalized spacial score (nSPS) is 21.7. The Bertz CT molecular complexity index is 298. The van der Waals surface area contributed by atoms with Crippen LogP contribution in [0.2, 0.25) is 0 Å². The van der Waals surface area contributed by atoms with E-state index < -0.39 is 0 Å². The van der Waals surface area contributed by atoms with Crippen LogP contribution in [-0.4, -0.2) is 6.54 Å². The average molecular weight is 173 g/mol. The van der Waals surface area contributed by atoms with Gasteiger partial charge in [0.15, 0.2) is 0 Å². The molecule has 0 unspecified atom stereocenters. The molecule has 1 nitrogen and oxygen atoms in total. The SMILES string of the molecule is C=Cc1cccc([C@@H]2CCCN2)c1. The third kappa shape index (κ3) is 1.81. The Kier molecular flexibility index (Phi) is 2.46. The number of rotatable bonds is 2. The molecule has 0 bridgehead atoms. The van der Waals surface area contributed by atoms with Gasteiger partial charge in [-0.3, -0.25) is 0 Å². The van der Waals surface area contributed by atoms with E-state index in [1.807, 2.05) is 6.08 Å². The van der Waals surface area contributed by atoms with Gasteiger partial charge in [0.05, 0.1) is 0 Å². The monoisotopic (exact) mass is 173 g/mol. The topological polar surface area (TPSA) is 12.0 Å². The van der Waals surface area contributed by atoms with Gasteiger partial charge in [-0.2, -0.15) is 0 Å². The molecule has 1 heterocycles. The highest BCUT2D eigenvalue weighted by Crippen LogP contribution is 2.23. The maximum absolute atomic E-state index is 3.78. The fraction of sp³-hybridized carbons (Fsp3) is 0.333. The molecule has 1 fully saturated rings. The lowest BCUT2D eigenvalue weighted by Gasteiger charge is -2.10. The Morgan fingerprint density at radius 1 is 1.46 bits per heavy atom. The van der Waals surface area contributed by atoms with Gasteiger partial charge in [-0.05, 0) is 30.5 Å². The molecule has 0 saturated carbocycles. The van der Waals surface area contributed by atoms with Gasteiger partial charge in [-0.25, -0.2) is 0 Å². The van der Waals surface area contributed by atoms with E-state index in [4.69, 9.17) is 0 Å². The van der Waals surface area contributed by atoms with Gasteiger partial charge in [0.25, 0.3) is 0 Å². The molecule has 1 aliphatic heterocycles. The number of hydrogen-bond acceptors (Lipinski definition) is 1. The zero-order valence-corrected chi connectivity index (χ0v) is 7.79. The minimum atomic E-state index is 0.569. The molecular weight excluding hydrogens is 158 g/mol. The Hall–Kier alpha value is -1.08. The summed E-state index contributed by atoms with van der Waals surface area (Å²) in [7, 11) is 0. The summed E-state index contributed by atoms with van der Waals surface area (Å²) in [5.74, 6) is 0. The molecule has 1 aromatic carbocycles. The standard InChI is InChI=1S/C12H15N/c1-2-10-5-3-6-11(9-10)12-7-4-8-13-12/h2-3,5-6,9,12-13H,1,4,7-8H2/t12-/m0/s1. The average Bonchev–Trinajstić information content (AvgIpc) is 2.71. The molecule has 1 atom stereocenters. The van der Waals surface area contributed by atoms with Crippen molar-refractivity contribution >= 4 is 6.08 Å². The van der Waals surface area contributed by atoms with Crippen molar-refractivity contribution in [1.82, 2.24) is 5.32 Å². The summed E-state index contributed by atoms with van der Waals surface area (Å²) >= 11 is 0. The van der Waals surface area contributed by atoms with Crippen LogP contribution in [0.4, 0.5) is 0 Å². The van der Waals surface area contributed by atoms with E-state index in [0.717, 1.165) is 6.54 Å². The molecule has 0 amide bonds. The maximum atomic E-state index is 3.78. The van der Waals surface area contributed by atoms with Crippen molar-refractivity contribution in [2.24, 2.45) is 0 Å². The summed E-state index contributed by atoms with van der Waals surface area (Å²) in [4.78, 5) is 0. The summed E-state index contributed by atoms with van der Waals surface area (Å²) in [6.07, 6.45) is 4.46. The Balaban J connectivity index is 2.23. The summed E-state index contributed by atoms with van der Waals surface area (Å²) in [6.45, 7) is 4.93. The molecule has 13 heavy (non-hydrogen) atoms. The van der Waals surface area contributed by atoms with Crippen molar-refractivity contribution in [3.8, 4) is 0 Å². The second kappa shape index (κ2) is 3.75. The lowest BCUT2D eigenvalue weighted by molar-refractivity contribution is 0.647. The van der Waals surface area contributed by atoms with E-state index in [1.165, 1.54) is 24.0 Å². The first-order valence-corrected chi connectivity index (χ1v) is 4.86. The van der Waals surface area contributed by atoms with E-state index in [2.05, 4.69) is 36.2 Å². The second-order valence-electron chi connectivity index (χ2n) is 3.52. The third-order valence-corrected chi connectivity index (χ3v) is 2.61. The molecule has 1 heteroatoms. The molecule has 0 radical (unpaired) electrons. The van der Waals surface area contributed by atoms with Crippen LogP contribution in [0.15, 0.2) is 30.8 Å². The van der Waals surface area contributed by atoms with E-state index >= 15 is 0 Å². The van der Waals surface area contributed by atoms with Crippen LogP contribution in [0.5, 0.6) is 0 Å².